The van der Waals surface area contributed by atoms with Crippen LogP contribution >= 0.6 is 0 Å². The van der Waals surface area contributed by atoms with E-state index in [0.29, 0.717) is 32.5 Å². The molecule has 0 bridgehead atoms. The first-order valence-electron chi connectivity index (χ1n) is 9.45. The monoisotopic (exact) mass is 364 g/mol. The summed E-state index contributed by atoms with van der Waals surface area (Å²) in [6.45, 7) is 3.39. The van der Waals surface area contributed by atoms with Crippen molar-refractivity contribution in [2.24, 2.45) is 4.99 Å². The summed E-state index contributed by atoms with van der Waals surface area (Å²) >= 11 is 0. The fourth-order valence-electron chi connectivity index (χ4n) is 2.85. The number of methoxy groups -OCH3 is 1. The molecule has 0 spiro atoms. The van der Waals surface area contributed by atoms with Crippen LogP contribution in [0.2, 0.25) is 0 Å². The van der Waals surface area contributed by atoms with Crippen LogP contribution in [0.3, 0.4) is 0 Å². The average Bonchev–Trinajstić information content (AvgIpc) is 3.17. The lowest BCUT2D eigenvalue weighted by Gasteiger charge is -2.16. The van der Waals surface area contributed by atoms with Crippen molar-refractivity contribution in [2.45, 2.75) is 44.8 Å². The van der Waals surface area contributed by atoms with E-state index in [4.69, 9.17) is 14.2 Å². The number of hydrogen-bond acceptors (Lipinski definition) is 5. The van der Waals surface area contributed by atoms with Crippen molar-refractivity contribution in [2.75, 3.05) is 40.5 Å². The maximum absolute atomic E-state index is 6.08. The lowest BCUT2D eigenvalue weighted by molar-refractivity contribution is 0.0698. The number of ether oxygens (including phenoxy) is 3. The van der Waals surface area contributed by atoms with Gasteiger partial charge in [-0.05, 0) is 38.2 Å². The zero-order valence-electron chi connectivity index (χ0n) is 16.0. The molecule has 0 radical (unpaired) electrons. The molecule has 1 heterocycles. The number of nitrogens with one attached hydrogen (secondary N) is 2. The van der Waals surface area contributed by atoms with Gasteiger partial charge in [0.1, 0.15) is 6.10 Å². The minimum atomic E-state index is 0.305. The summed E-state index contributed by atoms with van der Waals surface area (Å²) < 4.78 is 16.5. The van der Waals surface area contributed by atoms with Gasteiger partial charge in [0.05, 0.1) is 13.2 Å². The van der Waals surface area contributed by atoms with Gasteiger partial charge in [-0.15, -0.1) is 0 Å². The Morgan fingerprint density at radius 3 is 2.85 bits per heavy atom. The molecule has 0 aromatic carbocycles. The Labute approximate surface area is 156 Å². The number of aliphatic imine (C=N–C) groups is 1. The van der Waals surface area contributed by atoms with Crippen LogP contribution in [0, 0.1) is 0 Å². The molecule has 7 heteroatoms. The Morgan fingerprint density at radius 2 is 2.08 bits per heavy atom. The van der Waals surface area contributed by atoms with Gasteiger partial charge in [-0.1, -0.05) is 6.07 Å². The molecule has 2 N–H and O–H groups in total. The maximum atomic E-state index is 6.08. The molecule has 1 fully saturated rings. The number of nitrogens with zero attached hydrogens (tertiary/aromatic N) is 2. The van der Waals surface area contributed by atoms with Gasteiger partial charge in [0.25, 0.3) is 0 Å². The molecule has 0 unspecified atom stereocenters. The third kappa shape index (κ3) is 7.58. The average molecular weight is 364 g/mol. The lowest BCUT2D eigenvalue weighted by atomic mass is 10.2. The highest BCUT2D eigenvalue weighted by atomic mass is 16.5. The number of rotatable bonds is 11. The van der Waals surface area contributed by atoms with E-state index in [9.17, 15) is 0 Å². The van der Waals surface area contributed by atoms with Crippen molar-refractivity contribution in [1.29, 1.82) is 0 Å². The van der Waals surface area contributed by atoms with Crippen molar-refractivity contribution in [3.63, 3.8) is 0 Å². The second kappa shape index (κ2) is 12.5. The van der Waals surface area contributed by atoms with Gasteiger partial charge in [0.15, 0.2) is 5.96 Å². The van der Waals surface area contributed by atoms with Crippen molar-refractivity contribution in [3.05, 3.63) is 23.9 Å². The molecule has 0 aliphatic heterocycles. The summed E-state index contributed by atoms with van der Waals surface area (Å²) in [6.07, 6.45) is 7.74. The predicted octanol–water partition coefficient (Wildman–Crippen LogP) is 2.12. The fourth-order valence-corrected chi connectivity index (χ4v) is 2.85. The van der Waals surface area contributed by atoms with Gasteiger partial charge in [-0.25, -0.2) is 4.98 Å². The molecule has 1 aliphatic carbocycles. The summed E-state index contributed by atoms with van der Waals surface area (Å²) in [4.78, 5) is 8.66. The summed E-state index contributed by atoms with van der Waals surface area (Å²) in [7, 11) is 3.44. The first-order valence-corrected chi connectivity index (χ1v) is 9.45. The Balaban J connectivity index is 1.70. The van der Waals surface area contributed by atoms with Gasteiger partial charge < -0.3 is 24.8 Å². The largest absolute Gasteiger partial charge is 0.474 e. The van der Waals surface area contributed by atoms with Crippen LogP contribution in [0.5, 0.6) is 5.88 Å². The van der Waals surface area contributed by atoms with Crippen LogP contribution in [-0.4, -0.2) is 57.6 Å². The van der Waals surface area contributed by atoms with E-state index in [1.54, 1.807) is 20.4 Å². The van der Waals surface area contributed by atoms with Crippen molar-refractivity contribution in [1.82, 2.24) is 15.6 Å². The van der Waals surface area contributed by atoms with E-state index in [2.05, 4.69) is 20.6 Å². The highest BCUT2D eigenvalue weighted by molar-refractivity contribution is 5.79. The normalized spacial score (nSPS) is 15.2. The van der Waals surface area contributed by atoms with Crippen LogP contribution in [0.1, 0.15) is 37.7 Å². The first kappa shape index (κ1) is 20.5. The zero-order valence-corrected chi connectivity index (χ0v) is 16.0. The SMILES string of the molecule is CN=C(NCCCOCCOC)NCc1cccnc1OC1CCCC1. The molecule has 1 saturated carbocycles. The Morgan fingerprint density at radius 1 is 1.23 bits per heavy atom. The number of aromatic nitrogens is 1. The topological polar surface area (TPSA) is 77.0 Å². The molecule has 1 aliphatic rings. The summed E-state index contributed by atoms with van der Waals surface area (Å²) in [6, 6.07) is 3.98. The minimum absolute atomic E-state index is 0.305. The third-order valence-corrected chi connectivity index (χ3v) is 4.29. The molecular weight excluding hydrogens is 332 g/mol. The standard InChI is InChI=1S/C19H32N4O3/c1-20-19(22-11-6-12-25-14-13-24-2)23-15-16-7-5-10-21-18(16)26-17-8-3-4-9-17/h5,7,10,17H,3-4,6,8-9,11-15H2,1-2H3,(H2,20,22,23). The Bertz CT molecular complexity index is 533. The van der Waals surface area contributed by atoms with E-state index < -0.39 is 0 Å². The zero-order chi connectivity index (χ0) is 18.5. The van der Waals surface area contributed by atoms with Crippen LogP contribution in [0.25, 0.3) is 0 Å². The van der Waals surface area contributed by atoms with Crippen LogP contribution in [-0.2, 0) is 16.0 Å². The molecule has 26 heavy (non-hydrogen) atoms. The van der Waals surface area contributed by atoms with Crippen LogP contribution in [0.15, 0.2) is 23.3 Å². The van der Waals surface area contributed by atoms with Crippen LogP contribution in [0.4, 0.5) is 0 Å². The van der Waals surface area contributed by atoms with Gasteiger partial charge in [0, 0.05) is 45.6 Å². The smallest absolute Gasteiger partial charge is 0.218 e. The quantitative estimate of drug-likeness (QED) is 0.356. The Kier molecular flexibility index (Phi) is 9.82. The van der Waals surface area contributed by atoms with Gasteiger partial charge in [-0.3, -0.25) is 4.99 Å². The summed E-state index contributed by atoms with van der Waals surface area (Å²) in [5, 5.41) is 6.61. The molecule has 2 rings (SSSR count). The summed E-state index contributed by atoms with van der Waals surface area (Å²) in [5.74, 6) is 1.49. The van der Waals surface area contributed by atoms with Gasteiger partial charge in [0.2, 0.25) is 5.88 Å². The second-order valence-electron chi connectivity index (χ2n) is 6.30. The number of guanidine groups is 1. The fraction of sp³-hybridized carbons (Fsp3) is 0.684. The van der Waals surface area contributed by atoms with Crippen molar-refractivity contribution >= 4 is 5.96 Å². The molecule has 146 valence electrons. The van der Waals surface area contributed by atoms with Crippen molar-refractivity contribution in [3.8, 4) is 5.88 Å². The van der Waals surface area contributed by atoms with E-state index in [1.807, 2.05) is 12.1 Å². The second-order valence-corrected chi connectivity index (χ2v) is 6.30. The van der Waals surface area contributed by atoms with E-state index in [-0.39, 0.29) is 0 Å². The molecule has 0 saturated heterocycles. The maximum Gasteiger partial charge on any atom is 0.218 e. The first-order chi connectivity index (χ1) is 12.8. The number of hydrogen-bond donors (Lipinski definition) is 2. The Hall–Kier alpha value is -1.86. The lowest BCUT2D eigenvalue weighted by Crippen LogP contribution is -2.37. The molecule has 0 atom stereocenters. The van der Waals surface area contributed by atoms with E-state index in [0.717, 1.165) is 43.2 Å². The van der Waals surface area contributed by atoms with E-state index >= 15 is 0 Å². The molecule has 0 amide bonds. The highest BCUT2D eigenvalue weighted by Crippen LogP contribution is 2.24. The molecular formula is C19H32N4O3. The highest BCUT2D eigenvalue weighted by Gasteiger charge is 2.18. The summed E-state index contributed by atoms with van der Waals surface area (Å²) in [5.41, 5.74) is 1.05. The molecule has 7 nitrogen and oxygen atoms in total. The number of pyridine rings is 1. The van der Waals surface area contributed by atoms with Gasteiger partial charge in [-0.2, -0.15) is 0 Å². The van der Waals surface area contributed by atoms with Gasteiger partial charge >= 0.3 is 0 Å². The third-order valence-electron chi connectivity index (χ3n) is 4.29. The van der Waals surface area contributed by atoms with Crippen LogP contribution < -0.4 is 15.4 Å². The van der Waals surface area contributed by atoms with E-state index in [1.165, 1.54) is 12.8 Å². The molecule has 1 aromatic rings. The van der Waals surface area contributed by atoms with Crippen molar-refractivity contribution < 1.29 is 14.2 Å². The molecule has 1 aromatic heterocycles. The predicted molar refractivity (Wildman–Crippen MR) is 103 cm³/mol. The minimum Gasteiger partial charge on any atom is -0.474 e.